The Bertz CT molecular complexity index is 620. The average Bonchev–Trinajstić information content (AvgIpc) is 2.52. The van der Waals surface area contributed by atoms with Crippen molar-refractivity contribution in [1.29, 1.82) is 0 Å². The molecule has 0 saturated carbocycles. The third-order valence-corrected chi connectivity index (χ3v) is 3.27. The van der Waals surface area contributed by atoms with Gasteiger partial charge in [-0.1, -0.05) is 24.8 Å². The number of benzene rings is 1. The van der Waals surface area contributed by atoms with E-state index in [1.165, 1.54) is 6.08 Å². The first kappa shape index (κ1) is 15.6. The Morgan fingerprint density at radius 1 is 1.36 bits per heavy atom. The molecule has 0 saturated heterocycles. The molecule has 6 heteroatoms. The lowest BCUT2D eigenvalue weighted by Gasteiger charge is -2.28. The fourth-order valence-corrected chi connectivity index (χ4v) is 2.22. The zero-order valence-corrected chi connectivity index (χ0v) is 12.5. The molecule has 1 unspecified atom stereocenters. The normalized spacial score (nSPS) is 17.4. The minimum Gasteiger partial charge on any atom is -0.497 e. The van der Waals surface area contributed by atoms with E-state index in [-0.39, 0.29) is 12.6 Å². The first-order valence-electron chi connectivity index (χ1n) is 6.77. The zero-order valence-electron chi connectivity index (χ0n) is 12.5. The van der Waals surface area contributed by atoms with Gasteiger partial charge in [0.15, 0.2) is 0 Å². The molecule has 0 fully saturated rings. The average molecular weight is 302 g/mol. The van der Waals surface area contributed by atoms with Gasteiger partial charge < -0.3 is 20.1 Å². The van der Waals surface area contributed by atoms with Crippen LogP contribution in [0.2, 0.25) is 0 Å². The molecule has 0 bridgehead atoms. The van der Waals surface area contributed by atoms with Gasteiger partial charge in [-0.3, -0.25) is 0 Å². The summed E-state index contributed by atoms with van der Waals surface area (Å²) < 4.78 is 10.2. The first-order chi connectivity index (χ1) is 10.6. The Morgan fingerprint density at radius 2 is 2.05 bits per heavy atom. The molecular formula is C16H18N2O4. The van der Waals surface area contributed by atoms with E-state index in [0.29, 0.717) is 17.0 Å². The molecule has 1 atom stereocenters. The fourth-order valence-electron chi connectivity index (χ4n) is 2.22. The molecule has 1 heterocycles. The summed E-state index contributed by atoms with van der Waals surface area (Å²) in [5.74, 6) is 0.200. The van der Waals surface area contributed by atoms with E-state index in [1.807, 2.05) is 0 Å². The van der Waals surface area contributed by atoms with Crippen LogP contribution in [0.25, 0.3) is 0 Å². The van der Waals surface area contributed by atoms with Gasteiger partial charge >= 0.3 is 12.0 Å². The van der Waals surface area contributed by atoms with Gasteiger partial charge in [0.2, 0.25) is 0 Å². The molecule has 1 aliphatic heterocycles. The van der Waals surface area contributed by atoms with E-state index in [4.69, 9.17) is 9.47 Å². The van der Waals surface area contributed by atoms with Gasteiger partial charge in [-0.2, -0.15) is 0 Å². The molecule has 1 aliphatic rings. The van der Waals surface area contributed by atoms with Crippen LogP contribution in [0.15, 0.2) is 48.2 Å². The number of amides is 2. The molecule has 2 N–H and O–H groups in total. The molecule has 2 amide bonds. The van der Waals surface area contributed by atoms with Crippen molar-refractivity contribution >= 4 is 12.0 Å². The Kier molecular flexibility index (Phi) is 4.83. The maximum Gasteiger partial charge on any atom is 0.338 e. The minimum absolute atomic E-state index is 0.110. The highest BCUT2D eigenvalue weighted by Gasteiger charge is 2.32. The van der Waals surface area contributed by atoms with E-state index in [2.05, 4.69) is 17.2 Å². The van der Waals surface area contributed by atoms with E-state index in [0.717, 1.165) is 5.56 Å². The van der Waals surface area contributed by atoms with Crippen molar-refractivity contribution in [2.24, 2.45) is 0 Å². The van der Waals surface area contributed by atoms with Crippen molar-refractivity contribution in [2.75, 3.05) is 13.7 Å². The number of urea groups is 1. The van der Waals surface area contributed by atoms with Gasteiger partial charge in [-0.15, -0.1) is 0 Å². The molecule has 0 aromatic heterocycles. The predicted octanol–water partition coefficient (Wildman–Crippen LogP) is 2.05. The number of nitrogens with one attached hydrogen (secondary N) is 2. The van der Waals surface area contributed by atoms with Crippen LogP contribution in [0.5, 0.6) is 5.75 Å². The second kappa shape index (κ2) is 6.80. The molecule has 2 rings (SSSR count). The van der Waals surface area contributed by atoms with Gasteiger partial charge in [-0.25, -0.2) is 9.59 Å². The first-order valence-corrected chi connectivity index (χ1v) is 6.77. The third-order valence-electron chi connectivity index (χ3n) is 3.27. The Hall–Kier alpha value is -2.76. The summed E-state index contributed by atoms with van der Waals surface area (Å²) in [5.41, 5.74) is 1.60. The molecule has 1 aromatic rings. The molecule has 0 aliphatic carbocycles. The third kappa shape index (κ3) is 3.28. The van der Waals surface area contributed by atoms with Crippen molar-refractivity contribution in [2.45, 2.75) is 13.0 Å². The Labute approximate surface area is 128 Å². The highest BCUT2D eigenvalue weighted by atomic mass is 16.5. The largest absolute Gasteiger partial charge is 0.497 e. The van der Waals surface area contributed by atoms with Crippen LogP contribution in [0.3, 0.4) is 0 Å². The second-order valence-electron chi connectivity index (χ2n) is 4.73. The number of carbonyl (C=O) groups excluding carboxylic acids is 2. The highest BCUT2D eigenvalue weighted by Crippen LogP contribution is 2.28. The van der Waals surface area contributed by atoms with E-state index in [1.54, 1.807) is 38.3 Å². The predicted molar refractivity (Wildman–Crippen MR) is 81.3 cm³/mol. The molecule has 22 heavy (non-hydrogen) atoms. The van der Waals surface area contributed by atoms with E-state index < -0.39 is 12.0 Å². The number of esters is 1. The summed E-state index contributed by atoms with van der Waals surface area (Å²) in [6, 6.07) is 6.19. The lowest BCUT2D eigenvalue weighted by molar-refractivity contribution is -0.138. The van der Waals surface area contributed by atoms with Gasteiger partial charge in [0.05, 0.1) is 18.7 Å². The standard InChI is InChI=1S/C16H18N2O4/c1-4-9-22-15(19)13-10(2)17-16(20)18-14(13)11-5-7-12(21-3)8-6-11/h4-8,14H,1,9H2,2-3H3,(H2,17,18,20). The van der Waals surface area contributed by atoms with E-state index in [9.17, 15) is 9.59 Å². The van der Waals surface area contributed by atoms with Crippen LogP contribution in [0.1, 0.15) is 18.5 Å². The van der Waals surface area contributed by atoms with Crippen LogP contribution in [-0.4, -0.2) is 25.7 Å². The summed E-state index contributed by atoms with van der Waals surface area (Å²) in [7, 11) is 1.57. The number of rotatable bonds is 5. The number of ether oxygens (including phenoxy) is 2. The van der Waals surface area contributed by atoms with Gasteiger partial charge in [0.25, 0.3) is 0 Å². The van der Waals surface area contributed by atoms with Crippen LogP contribution >= 0.6 is 0 Å². The van der Waals surface area contributed by atoms with Gasteiger partial charge in [0, 0.05) is 5.70 Å². The molecule has 1 aromatic carbocycles. The number of hydrogen-bond donors (Lipinski definition) is 2. The van der Waals surface area contributed by atoms with Gasteiger partial charge in [-0.05, 0) is 24.6 Å². The van der Waals surface area contributed by atoms with Crippen LogP contribution in [0, 0.1) is 0 Å². The SMILES string of the molecule is C=CCOC(=O)C1=C(C)NC(=O)NC1c1ccc(OC)cc1. The van der Waals surface area contributed by atoms with Crippen molar-refractivity contribution < 1.29 is 19.1 Å². The topological polar surface area (TPSA) is 76.7 Å². The molecule has 0 radical (unpaired) electrons. The number of carbonyl (C=O) groups is 2. The summed E-state index contributed by atoms with van der Waals surface area (Å²) in [5, 5.41) is 5.32. The Balaban J connectivity index is 2.36. The van der Waals surface area contributed by atoms with Crippen molar-refractivity contribution in [3.05, 3.63) is 53.8 Å². The van der Waals surface area contributed by atoms with Crippen LogP contribution in [0.4, 0.5) is 4.79 Å². The molecule has 6 nitrogen and oxygen atoms in total. The quantitative estimate of drug-likeness (QED) is 0.644. The maximum absolute atomic E-state index is 12.2. The highest BCUT2D eigenvalue weighted by molar-refractivity contribution is 5.95. The zero-order chi connectivity index (χ0) is 16.1. The molecular weight excluding hydrogens is 284 g/mol. The fraction of sp³-hybridized carbons (Fsp3) is 0.250. The lowest BCUT2D eigenvalue weighted by atomic mass is 9.95. The molecule has 116 valence electrons. The number of allylic oxidation sites excluding steroid dienone is 1. The van der Waals surface area contributed by atoms with Crippen molar-refractivity contribution in [1.82, 2.24) is 10.6 Å². The Morgan fingerprint density at radius 3 is 2.64 bits per heavy atom. The monoisotopic (exact) mass is 302 g/mol. The number of methoxy groups -OCH3 is 1. The van der Waals surface area contributed by atoms with Crippen molar-refractivity contribution in [3.63, 3.8) is 0 Å². The number of hydrogen-bond acceptors (Lipinski definition) is 4. The summed E-state index contributed by atoms with van der Waals surface area (Å²) in [6.45, 7) is 5.29. The summed E-state index contributed by atoms with van der Waals surface area (Å²) in [6.07, 6.45) is 1.49. The summed E-state index contributed by atoms with van der Waals surface area (Å²) in [4.78, 5) is 24.0. The van der Waals surface area contributed by atoms with Gasteiger partial charge in [0.1, 0.15) is 12.4 Å². The lowest BCUT2D eigenvalue weighted by Crippen LogP contribution is -2.45. The van der Waals surface area contributed by atoms with E-state index >= 15 is 0 Å². The second-order valence-corrected chi connectivity index (χ2v) is 4.73. The molecule has 0 spiro atoms. The van der Waals surface area contributed by atoms with Crippen LogP contribution in [-0.2, 0) is 9.53 Å². The minimum atomic E-state index is -0.572. The van der Waals surface area contributed by atoms with Crippen LogP contribution < -0.4 is 15.4 Å². The van der Waals surface area contributed by atoms with Crippen molar-refractivity contribution in [3.8, 4) is 5.75 Å². The smallest absolute Gasteiger partial charge is 0.338 e. The maximum atomic E-state index is 12.2. The summed E-state index contributed by atoms with van der Waals surface area (Å²) >= 11 is 0.